The van der Waals surface area contributed by atoms with Gasteiger partial charge in [0, 0.05) is 17.8 Å². The molecule has 0 amide bonds. The topological polar surface area (TPSA) is 32.3 Å². The van der Waals surface area contributed by atoms with Gasteiger partial charge in [-0.25, -0.2) is 8.78 Å². The molecule has 2 N–H and O–H groups in total. The van der Waals surface area contributed by atoms with E-state index in [1.807, 2.05) is 6.92 Å². The first-order valence-corrected chi connectivity index (χ1v) is 5.97. The minimum absolute atomic E-state index is 0.0320. The Morgan fingerprint density at radius 3 is 2.37 bits per heavy atom. The Morgan fingerprint density at radius 1 is 1.11 bits per heavy atom. The molecule has 0 aromatic heterocycles. The molecule has 2 aromatic carbocycles. The predicted molar refractivity (Wildman–Crippen MR) is 71.6 cm³/mol. The zero-order valence-corrected chi connectivity index (χ0v) is 10.5. The number of rotatable bonds is 4. The van der Waals surface area contributed by atoms with Gasteiger partial charge in [0.25, 0.3) is 6.43 Å². The SMILES string of the molecule is Cc1cc(O)ccc1NCc1ccc(C(F)F)cc1. The summed E-state index contributed by atoms with van der Waals surface area (Å²) in [5.41, 5.74) is 2.81. The van der Waals surface area contributed by atoms with Gasteiger partial charge in [-0.15, -0.1) is 0 Å². The van der Waals surface area contributed by atoms with E-state index in [1.165, 1.54) is 12.1 Å². The highest BCUT2D eigenvalue weighted by Crippen LogP contribution is 2.22. The van der Waals surface area contributed by atoms with Crippen molar-refractivity contribution >= 4 is 5.69 Å². The van der Waals surface area contributed by atoms with Gasteiger partial charge in [-0.05, 0) is 36.2 Å². The summed E-state index contributed by atoms with van der Waals surface area (Å²) in [6.45, 7) is 2.44. The number of anilines is 1. The summed E-state index contributed by atoms with van der Waals surface area (Å²) in [5.74, 6) is 0.226. The Bertz CT molecular complexity index is 553. The van der Waals surface area contributed by atoms with E-state index in [1.54, 1.807) is 30.3 Å². The molecule has 0 aliphatic rings. The highest BCUT2D eigenvalue weighted by Gasteiger charge is 2.06. The van der Waals surface area contributed by atoms with Crippen molar-refractivity contribution in [2.75, 3.05) is 5.32 Å². The second kappa shape index (κ2) is 5.69. The van der Waals surface area contributed by atoms with Gasteiger partial charge in [0.05, 0.1) is 0 Å². The van der Waals surface area contributed by atoms with E-state index in [9.17, 15) is 13.9 Å². The van der Waals surface area contributed by atoms with Crippen LogP contribution in [0.1, 0.15) is 23.1 Å². The molecule has 0 unspecified atom stereocenters. The Labute approximate surface area is 110 Å². The highest BCUT2D eigenvalue weighted by molar-refractivity contribution is 5.53. The lowest BCUT2D eigenvalue weighted by Crippen LogP contribution is -2.01. The lowest BCUT2D eigenvalue weighted by Gasteiger charge is -2.10. The fraction of sp³-hybridized carbons (Fsp3) is 0.200. The van der Waals surface area contributed by atoms with Crippen LogP contribution < -0.4 is 5.32 Å². The lowest BCUT2D eigenvalue weighted by atomic mass is 10.1. The van der Waals surface area contributed by atoms with Crippen LogP contribution in [0.5, 0.6) is 5.75 Å². The van der Waals surface area contributed by atoms with Crippen LogP contribution in [0.3, 0.4) is 0 Å². The molecule has 4 heteroatoms. The zero-order chi connectivity index (χ0) is 13.8. The van der Waals surface area contributed by atoms with Crippen molar-refractivity contribution < 1.29 is 13.9 Å². The third-order valence-corrected chi connectivity index (χ3v) is 2.92. The molecule has 0 atom stereocenters. The van der Waals surface area contributed by atoms with Gasteiger partial charge in [-0.1, -0.05) is 24.3 Å². The number of alkyl halides is 2. The van der Waals surface area contributed by atoms with Crippen molar-refractivity contribution in [2.45, 2.75) is 19.9 Å². The van der Waals surface area contributed by atoms with Crippen LogP contribution in [-0.2, 0) is 6.54 Å². The molecular formula is C15H15F2NO. The van der Waals surface area contributed by atoms with Crippen molar-refractivity contribution in [3.05, 3.63) is 59.2 Å². The van der Waals surface area contributed by atoms with Crippen molar-refractivity contribution in [1.29, 1.82) is 0 Å². The molecule has 2 aromatic rings. The summed E-state index contributed by atoms with van der Waals surface area (Å²) in [6.07, 6.45) is -2.43. The normalized spacial score (nSPS) is 10.7. The number of hydrogen-bond donors (Lipinski definition) is 2. The first kappa shape index (κ1) is 13.3. The maximum Gasteiger partial charge on any atom is 0.263 e. The third kappa shape index (κ3) is 3.44. The van der Waals surface area contributed by atoms with Gasteiger partial charge >= 0.3 is 0 Å². The predicted octanol–water partition coefficient (Wildman–Crippen LogP) is 4.25. The number of benzene rings is 2. The summed E-state index contributed by atoms with van der Waals surface area (Å²) >= 11 is 0. The fourth-order valence-electron chi connectivity index (χ4n) is 1.82. The minimum Gasteiger partial charge on any atom is -0.508 e. The van der Waals surface area contributed by atoms with Crippen LogP contribution >= 0.6 is 0 Å². The smallest absolute Gasteiger partial charge is 0.263 e. The maximum atomic E-state index is 12.4. The van der Waals surface area contributed by atoms with Crippen LogP contribution in [-0.4, -0.2) is 5.11 Å². The summed E-state index contributed by atoms with van der Waals surface area (Å²) in [6, 6.07) is 11.3. The second-order valence-corrected chi connectivity index (χ2v) is 4.40. The Morgan fingerprint density at radius 2 is 1.79 bits per heavy atom. The standard InChI is InChI=1S/C15H15F2NO/c1-10-8-13(19)6-7-14(10)18-9-11-2-4-12(5-3-11)15(16)17/h2-8,15,18-19H,9H2,1H3. The second-order valence-electron chi connectivity index (χ2n) is 4.40. The van der Waals surface area contributed by atoms with E-state index in [0.717, 1.165) is 16.8 Å². The van der Waals surface area contributed by atoms with Crippen LogP contribution in [0.4, 0.5) is 14.5 Å². The molecule has 0 fully saturated rings. The molecule has 0 bridgehead atoms. The quantitative estimate of drug-likeness (QED) is 0.808. The zero-order valence-electron chi connectivity index (χ0n) is 10.5. The van der Waals surface area contributed by atoms with Gasteiger partial charge < -0.3 is 10.4 Å². The van der Waals surface area contributed by atoms with Gasteiger partial charge in [-0.2, -0.15) is 0 Å². The third-order valence-electron chi connectivity index (χ3n) is 2.92. The molecule has 0 saturated heterocycles. The molecule has 19 heavy (non-hydrogen) atoms. The van der Waals surface area contributed by atoms with Crippen molar-refractivity contribution in [2.24, 2.45) is 0 Å². The summed E-state index contributed by atoms with van der Waals surface area (Å²) in [5, 5.41) is 12.5. The molecule has 2 nitrogen and oxygen atoms in total. The number of phenols is 1. The van der Waals surface area contributed by atoms with E-state index < -0.39 is 6.43 Å². The van der Waals surface area contributed by atoms with E-state index >= 15 is 0 Å². The average molecular weight is 263 g/mol. The van der Waals surface area contributed by atoms with Gasteiger partial charge in [-0.3, -0.25) is 0 Å². The molecule has 100 valence electrons. The molecule has 0 radical (unpaired) electrons. The van der Waals surface area contributed by atoms with Crippen LogP contribution in [0.15, 0.2) is 42.5 Å². The van der Waals surface area contributed by atoms with Crippen molar-refractivity contribution in [1.82, 2.24) is 0 Å². The number of hydrogen-bond acceptors (Lipinski definition) is 2. The summed E-state index contributed by atoms with van der Waals surface area (Å²) < 4.78 is 24.8. The molecule has 0 saturated carbocycles. The number of aromatic hydroxyl groups is 1. The number of phenolic OH excluding ortho intramolecular Hbond substituents is 1. The Kier molecular flexibility index (Phi) is 4.00. The Hall–Kier alpha value is -2.10. The van der Waals surface area contributed by atoms with E-state index in [2.05, 4.69) is 5.32 Å². The van der Waals surface area contributed by atoms with E-state index in [0.29, 0.717) is 6.54 Å². The summed E-state index contributed by atoms with van der Waals surface area (Å²) in [7, 11) is 0. The molecule has 0 heterocycles. The molecule has 0 aliphatic carbocycles. The van der Waals surface area contributed by atoms with E-state index in [4.69, 9.17) is 0 Å². The Balaban J connectivity index is 2.02. The number of halogens is 2. The van der Waals surface area contributed by atoms with Crippen LogP contribution in [0, 0.1) is 6.92 Å². The molecule has 0 spiro atoms. The monoisotopic (exact) mass is 263 g/mol. The van der Waals surface area contributed by atoms with Crippen molar-refractivity contribution in [3.8, 4) is 5.75 Å². The first-order valence-electron chi connectivity index (χ1n) is 5.97. The molecule has 0 aliphatic heterocycles. The van der Waals surface area contributed by atoms with Gasteiger partial charge in [0.1, 0.15) is 5.75 Å². The largest absolute Gasteiger partial charge is 0.508 e. The van der Waals surface area contributed by atoms with Gasteiger partial charge in [0.15, 0.2) is 0 Å². The molecular weight excluding hydrogens is 248 g/mol. The maximum absolute atomic E-state index is 12.4. The summed E-state index contributed by atoms with van der Waals surface area (Å²) in [4.78, 5) is 0. The average Bonchev–Trinajstić information content (AvgIpc) is 2.38. The van der Waals surface area contributed by atoms with Crippen molar-refractivity contribution in [3.63, 3.8) is 0 Å². The highest BCUT2D eigenvalue weighted by atomic mass is 19.3. The lowest BCUT2D eigenvalue weighted by molar-refractivity contribution is 0.151. The number of nitrogens with one attached hydrogen (secondary N) is 1. The molecule has 2 rings (SSSR count). The minimum atomic E-state index is -2.43. The van der Waals surface area contributed by atoms with E-state index in [-0.39, 0.29) is 11.3 Å². The first-order chi connectivity index (χ1) is 9.06. The van der Waals surface area contributed by atoms with Crippen LogP contribution in [0.2, 0.25) is 0 Å². The van der Waals surface area contributed by atoms with Gasteiger partial charge in [0.2, 0.25) is 0 Å². The van der Waals surface area contributed by atoms with Crippen LogP contribution in [0.25, 0.3) is 0 Å². The fourth-order valence-corrected chi connectivity index (χ4v) is 1.82. The number of aryl methyl sites for hydroxylation is 1.